The van der Waals surface area contributed by atoms with Crippen molar-refractivity contribution in [3.8, 4) is 6.07 Å². The van der Waals surface area contributed by atoms with Crippen molar-refractivity contribution in [3.05, 3.63) is 11.6 Å². The van der Waals surface area contributed by atoms with Gasteiger partial charge in [0, 0.05) is 24.3 Å². The summed E-state index contributed by atoms with van der Waals surface area (Å²) in [5.41, 5.74) is 0.938. The molecule has 0 saturated heterocycles. The lowest BCUT2D eigenvalue weighted by Gasteiger charge is -2.54. The predicted molar refractivity (Wildman–Crippen MR) is 76.6 cm³/mol. The smallest absolute Gasteiger partial charge is 0.133 e. The summed E-state index contributed by atoms with van der Waals surface area (Å²) in [6, 6.07) is 2.43. The van der Waals surface area contributed by atoms with E-state index in [9.17, 15) is 10.1 Å². The fourth-order valence-electron chi connectivity index (χ4n) is 5.79. The van der Waals surface area contributed by atoms with E-state index in [-0.39, 0.29) is 5.92 Å². The van der Waals surface area contributed by atoms with Crippen LogP contribution in [0.25, 0.3) is 0 Å². The fourth-order valence-corrected chi connectivity index (χ4v) is 5.79. The number of nitriles is 1. The van der Waals surface area contributed by atoms with Crippen molar-refractivity contribution < 1.29 is 4.79 Å². The van der Waals surface area contributed by atoms with Gasteiger partial charge in [-0.3, -0.25) is 4.79 Å². The Kier molecular flexibility index (Phi) is 2.98. The average molecular weight is 269 g/mol. The lowest BCUT2D eigenvalue weighted by molar-refractivity contribution is -0.117. The summed E-state index contributed by atoms with van der Waals surface area (Å²) in [6.45, 7) is 0. The highest BCUT2D eigenvalue weighted by molar-refractivity contribution is 5.81. The minimum atomic E-state index is 0.240. The van der Waals surface area contributed by atoms with Crippen molar-refractivity contribution in [3.63, 3.8) is 0 Å². The molecule has 0 heterocycles. The molecule has 5 aliphatic carbocycles. The van der Waals surface area contributed by atoms with E-state index in [0.29, 0.717) is 24.5 Å². The topological polar surface area (TPSA) is 40.9 Å². The maximum absolute atomic E-state index is 11.5. The van der Waals surface area contributed by atoms with Gasteiger partial charge in [-0.05, 0) is 68.1 Å². The molecule has 0 N–H and O–H groups in total. The summed E-state index contributed by atoms with van der Waals surface area (Å²) >= 11 is 0. The van der Waals surface area contributed by atoms with Crippen LogP contribution in [-0.2, 0) is 4.79 Å². The zero-order valence-corrected chi connectivity index (χ0v) is 12.1. The maximum atomic E-state index is 11.5. The molecule has 0 aromatic carbocycles. The molecule has 0 aromatic rings. The molecule has 1 atom stereocenters. The van der Waals surface area contributed by atoms with E-state index in [1.54, 1.807) is 0 Å². The Morgan fingerprint density at radius 3 is 2.25 bits per heavy atom. The Labute approximate surface area is 121 Å². The molecule has 5 fully saturated rings. The van der Waals surface area contributed by atoms with Gasteiger partial charge in [-0.1, -0.05) is 6.08 Å². The molecular formula is C18H23NO. The molecule has 0 aliphatic heterocycles. The molecule has 2 nitrogen and oxygen atoms in total. The molecule has 20 heavy (non-hydrogen) atoms. The van der Waals surface area contributed by atoms with Crippen LogP contribution in [-0.4, -0.2) is 5.78 Å². The van der Waals surface area contributed by atoms with Crippen LogP contribution in [0.5, 0.6) is 0 Å². The van der Waals surface area contributed by atoms with Crippen LogP contribution >= 0.6 is 0 Å². The zero-order valence-electron chi connectivity index (χ0n) is 12.1. The maximum Gasteiger partial charge on any atom is 0.133 e. The second-order valence-corrected chi connectivity index (χ2v) is 7.72. The van der Waals surface area contributed by atoms with Crippen LogP contribution in [0, 0.1) is 46.8 Å². The second kappa shape index (κ2) is 4.72. The van der Waals surface area contributed by atoms with E-state index in [4.69, 9.17) is 0 Å². The van der Waals surface area contributed by atoms with Gasteiger partial charge in [0.15, 0.2) is 0 Å². The molecule has 5 rings (SSSR count). The van der Waals surface area contributed by atoms with Gasteiger partial charge >= 0.3 is 0 Å². The quantitative estimate of drug-likeness (QED) is 0.714. The first-order chi connectivity index (χ1) is 9.72. The predicted octanol–water partition coefficient (Wildman–Crippen LogP) is 3.88. The van der Waals surface area contributed by atoms with Gasteiger partial charge in [0.25, 0.3) is 0 Å². The molecule has 5 saturated carbocycles. The first-order valence-electron chi connectivity index (χ1n) is 8.36. The normalized spacial score (nSPS) is 46.8. The number of carbonyl (C=O) groups excluding carboxylic acids is 1. The molecule has 1 unspecified atom stereocenters. The molecular weight excluding hydrogens is 246 g/mol. The monoisotopic (exact) mass is 269 g/mol. The van der Waals surface area contributed by atoms with E-state index in [1.165, 1.54) is 32.1 Å². The Balaban J connectivity index is 1.56. The van der Waals surface area contributed by atoms with E-state index in [0.717, 1.165) is 35.7 Å². The number of hydrogen-bond acceptors (Lipinski definition) is 2. The largest absolute Gasteiger partial charge is 0.300 e. The van der Waals surface area contributed by atoms with Gasteiger partial charge in [-0.2, -0.15) is 5.26 Å². The Hall–Kier alpha value is -1.10. The van der Waals surface area contributed by atoms with Gasteiger partial charge in [0.05, 0.1) is 6.07 Å². The van der Waals surface area contributed by atoms with Crippen molar-refractivity contribution in [1.82, 2.24) is 0 Å². The Bertz CT molecular complexity index is 470. The van der Waals surface area contributed by atoms with E-state index in [1.807, 2.05) is 0 Å². The van der Waals surface area contributed by atoms with Gasteiger partial charge < -0.3 is 0 Å². The first kappa shape index (κ1) is 12.6. The Morgan fingerprint density at radius 1 is 1.10 bits per heavy atom. The average Bonchev–Trinajstić information content (AvgIpc) is 2.84. The number of nitrogens with zero attached hydrogens (tertiary/aromatic N) is 1. The molecule has 106 valence electrons. The summed E-state index contributed by atoms with van der Waals surface area (Å²) in [5, 5.41) is 9.50. The summed E-state index contributed by atoms with van der Waals surface area (Å²) < 4.78 is 0. The lowest BCUT2D eigenvalue weighted by Crippen LogP contribution is -2.44. The standard InChI is InChI=1S/C18H23NO/c19-10-16(13-1-2-17(20)8-13)9-18-14-4-11-3-12(6-14)7-15(18)5-11/h9,11-15,18H,1-8H2/b16-9-. The minimum Gasteiger partial charge on any atom is -0.300 e. The molecule has 0 radical (unpaired) electrons. The van der Waals surface area contributed by atoms with Gasteiger partial charge in [0.2, 0.25) is 0 Å². The molecule has 0 amide bonds. The van der Waals surface area contributed by atoms with Crippen molar-refractivity contribution >= 4 is 5.78 Å². The van der Waals surface area contributed by atoms with Gasteiger partial charge in [-0.25, -0.2) is 0 Å². The van der Waals surface area contributed by atoms with Crippen LogP contribution in [0.15, 0.2) is 11.6 Å². The second-order valence-electron chi connectivity index (χ2n) is 7.72. The SMILES string of the molecule is N#C/C(=C/C1C2CC3CC(C2)CC1C3)C1CCC(=O)C1. The summed E-state index contributed by atoms with van der Waals surface area (Å²) in [7, 11) is 0. The first-order valence-corrected chi connectivity index (χ1v) is 8.36. The van der Waals surface area contributed by atoms with Crippen molar-refractivity contribution in [1.29, 1.82) is 5.26 Å². The van der Waals surface area contributed by atoms with Gasteiger partial charge in [-0.15, -0.1) is 0 Å². The molecule has 0 spiro atoms. The highest BCUT2D eigenvalue weighted by Crippen LogP contribution is 2.57. The van der Waals surface area contributed by atoms with E-state index in [2.05, 4.69) is 12.1 Å². The number of Topliss-reactive ketones (excluding diaryl/α,β-unsaturated/α-hetero) is 1. The van der Waals surface area contributed by atoms with Gasteiger partial charge in [0.1, 0.15) is 5.78 Å². The third-order valence-corrected chi connectivity index (χ3v) is 6.49. The zero-order chi connectivity index (χ0) is 13.7. The molecule has 2 heteroatoms. The fraction of sp³-hybridized carbons (Fsp3) is 0.778. The minimum absolute atomic E-state index is 0.240. The highest BCUT2D eigenvalue weighted by Gasteiger charge is 2.47. The number of ketones is 1. The van der Waals surface area contributed by atoms with Crippen LogP contribution in [0.3, 0.4) is 0 Å². The van der Waals surface area contributed by atoms with Crippen LogP contribution in [0.4, 0.5) is 0 Å². The molecule has 4 bridgehead atoms. The van der Waals surface area contributed by atoms with Crippen LogP contribution in [0.2, 0.25) is 0 Å². The summed E-state index contributed by atoms with van der Waals surface area (Å²) in [4.78, 5) is 11.5. The Morgan fingerprint density at radius 2 is 1.75 bits per heavy atom. The van der Waals surface area contributed by atoms with Crippen LogP contribution in [0.1, 0.15) is 51.4 Å². The van der Waals surface area contributed by atoms with Crippen molar-refractivity contribution in [2.45, 2.75) is 51.4 Å². The number of hydrogen-bond donors (Lipinski definition) is 0. The number of carbonyl (C=O) groups is 1. The van der Waals surface area contributed by atoms with Crippen LogP contribution < -0.4 is 0 Å². The highest BCUT2D eigenvalue weighted by atomic mass is 16.1. The number of rotatable bonds is 2. The van der Waals surface area contributed by atoms with E-state index >= 15 is 0 Å². The number of allylic oxidation sites excluding steroid dienone is 2. The third kappa shape index (κ3) is 2.03. The van der Waals surface area contributed by atoms with E-state index < -0.39 is 0 Å². The molecule has 0 aromatic heterocycles. The summed E-state index contributed by atoms with van der Waals surface area (Å²) in [5.74, 6) is 4.89. The molecule has 5 aliphatic rings. The third-order valence-electron chi connectivity index (χ3n) is 6.49. The van der Waals surface area contributed by atoms with Crippen molar-refractivity contribution in [2.24, 2.45) is 35.5 Å². The van der Waals surface area contributed by atoms with Crippen molar-refractivity contribution in [2.75, 3.05) is 0 Å². The lowest BCUT2D eigenvalue weighted by atomic mass is 9.51. The summed E-state index contributed by atoms with van der Waals surface area (Å²) in [6.07, 6.45) is 11.6.